The number of esters is 1. The summed E-state index contributed by atoms with van der Waals surface area (Å²) in [6.07, 6.45) is 1.47. The molecule has 0 unspecified atom stereocenters. The molecule has 1 saturated heterocycles. The minimum absolute atomic E-state index is 0.0349. The highest BCUT2D eigenvalue weighted by molar-refractivity contribution is 5.88. The number of rotatable bonds is 4. The molecule has 0 aliphatic carbocycles. The molecule has 1 aromatic rings. The van der Waals surface area contributed by atoms with Crippen LogP contribution in [-0.4, -0.2) is 42.2 Å². The van der Waals surface area contributed by atoms with Gasteiger partial charge >= 0.3 is 11.7 Å². The van der Waals surface area contributed by atoms with E-state index in [0.717, 1.165) is 12.8 Å². The van der Waals surface area contributed by atoms with Crippen LogP contribution < -0.4 is 5.32 Å². The van der Waals surface area contributed by atoms with Crippen LogP contribution in [0, 0.1) is 10.1 Å². The Labute approximate surface area is 115 Å². The van der Waals surface area contributed by atoms with E-state index in [1.54, 1.807) is 0 Å². The topological polar surface area (TPSA) is 104 Å². The van der Waals surface area contributed by atoms with Crippen molar-refractivity contribution in [3.63, 3.8) is 0 Å². The predicted octanol–water partition coefficient (Wildman–Crippen LogP) is 1.37. The van der Waals surface area contributed by atoms with Crippen LogP contribution in [0.3, 0.4) is 0 Å². The molecule has 0 saturated carbocycles. The number of methoxy groups -OCH3 is 1. The first kappa shape index (κ1) is 14.2. The first-order chi connectivity index (χ1) is 9.61. The summed E-state index contributed by atoms with van der Waals surface area (Å²) in [6, 6.07) is 2.57. The van der Waals surface area contributed by atoms with Gasteiger partial charge in [-0.15, -0.1) is 0 Å². The van der Waals surface area contributed by atoms with Gasteiger partial charge in [-0.05, 0) is 18.9 Å². The van der Waals surface area contributed by atoms with Crippen molar-refractivity contribution < 1.29 is 19.2 Å². The molecular weight excluding hydrogens is 266 g/mol. The van der Waals surface area contributed by atoms with Crippen LogP contribution in [0.2, 0.25) is 0 Å². The highest BCUT2D eigenvalue weighted by Gasteiger charge is 2.22. The Hall–Kier alpha value is -2.22. The smallest absolute Gasteiger partial charge is 0.356 e. The molecule has 2 heterocycles. The second kappa shape index (κ2) is 6.29. The fourth-order valence-corrected chi connectivity index (χ4v) is 1.96. The van der Waals surface area contributed by atoms with Gasteiger partial charge in [0.25, 0.3) is 0 Å². The largest absolute Gasteiger partial charge is 0.464 e. The minimum Gasteiger partial charge on any atom is -0.464 e. The summed E-state index contributed by atoms with van der Waals surface area (Å²) in [7, 11) is 1.23. The number of nitro groups is 1. The van der Waals surface area contributed by atoms with E-state index in [1.807, 2.05) is 0 Å². The minimum atomic E-state index is -0.630. The molecule has 0 atom stereocenters. The number of carbonyl (C=O) groups excluding carboxylic acids is 1. The fraction of sp³-hybridized carbons (Fsp3) is 0.500. The first-order valence-electron chi connectivity index (χ1n) is 6.20. The number of ether oxygens (including phenoxy) is 2. The highest BCUT2D eigenvalue weighted by Crippen LogP contribution is 2.24. The van der Waals surface area contributed by atoms with Gasteiger partial charge in [0.1, 0.15) is 0 Å². The maximum Gasteiger partial charge on any atom is 0.356 e. The molecule has 0 spiro atoms. The molecule has 20 heavy (non-hydrogen) atoms. The Morgan fingerprint density at radius 2 is 2.20 bits per heavy atom. The van der Waals surface area contributed by atoms with E-state index in [1.165, 1.54) is 19.2 Å². The summed E-state index contributed by atoms with van der Waals surface area (Å²) in [5.41, 5.74) is -0.128. The van der Waals surface area contributed by atoms with Gasteiger partial charge in [-0.3, -0.25) is 10.1 Å². The van der Waals surface area contributed by atoms with Crippen molar-refractivity contribution in [2.24, 2.45) is 0 Å². The summed E-state index contributed by atoms with van der Waals surface area (Å²) in [5.74, 6) is -0.542. The summed E-state index contributed by atoms with van der Waals surface area (Å²) < 4.78 is 9.79. The summed E-state index contributed by atoms with van der Waals surface area (Å²) in [5, 5.41) is 14.0. The third kappa shape index (κ3) is 3.21. The molecule has 1 aromatic heterocycles. The monoisotopic (exact) mass is 281 g/mol. The van der Waals surface area contributed by atoms with Gasteiger partial charge in [-0.2, -0.15) is 0 Å². The van der Waals surface area contributed by atoms with Gasteiger partial charge in [0.15, 0.2) is 5.69 Å². The van der Waals surface area contributed by atoms with E-state index in [-0.39, 0.29) is 23.2 Å². The Morgan fingerprint density at radius 3 is 2.80 bits per heavy atom. The number of carbonyl (C=O) groups is 1. The maximum absolute atomic E-state index is 11.4. The average Bonchev–Trinajstić information content (AvgIpc) is 2.47. The summed E-state index contributed by atoms with van der Waals surface area (Å²) in [6.45, 7) is 1.20. The molecule has 1 fully saturated rings. The van der Waals surface area contributed by atoms with Crippen LogP contribution in [0.15, 0.2) is 12.1 Å². The van der Waals surface area contributed by atoms with Crippen LogP contribution in [-0.2, 0) is 9.47 Å². The van der Waals surface area contributed by atoms with E-state index in [0.29, 0.717) is 13.2 Å². The third-order valence-corrected chi connectivity index (χ3v) is 3.03. The van der Waals surface area contributed by atoms with Crippen molar-refractivity contribution in [1.82, 2.24) is 4.98 Å². The van der Waals surface area contributed by atoms with Crippen molar-refractivity contribution in [1.29, 1.82) is 0 Å². The molecule has 0 bridgehead atoms. The van der Waals surface area contributed by atoms with Crippen molar-refractivity contribution in [2.75, 3.05) is 25.6 Å². The Bertz CT molecular complexity index is 514. The van der Waals surface area contributed by atoms with Gasteiger partial charge in [0.2, 0.25) is 5.82 Å². The Balaban J connectivity index is 2.26. The van der Waals surface area contributed by atoms with Crippen molar-refractivity contribution in [2.45, 2.75) is 18.9 Å². The van der Waals surface area contributed by atoms with Crippen LogP contribution in [0.4, 0.5) is 11.5 Å². The van der Waals surface area contributed by atoms with Gasteiger partial charge in [-0.25, -0.2) is 9.78 Å². The Morgan fingerprint density at radius 1 is 1.50 bits per heavy atom. The first-order valence-corrected chi connectivity index (χ1v) is 6.20. The fourth-order valence-electron chi connectivity index (χ4n) is 1.96. The van der Waals surface area contributed by atoms with E-state index >= 15 is 0 Å². The highest BCUT2D eigenvalue weighted by atomic mass is 16.6. The molecule has 2 rings (SSSR count). The van der Waals surface area contributed by atoms with Crippen LogP contribution >= 0.6 is 0 Å². The van der Waals surface area contributed by atoms with Gasteiger partial charge < -0.3 is 14.8 Å². The third-order valence-electron chi connectivity index (χ3n) is 3.03. The zero-order chi connectivity index (χ0) is 14.5. The SMILES string of the molecule is COC(=O)c1ccc([N+](=O)[O-])c(NC2CCOCC2)n1. The van der Waals surface area contributed by atoms with E-state index in [2.05, 4.69) is 15.0 Å². The van der Waals surface area contributed by atoms with Crippen molar-refractivity contribution >= 4 is 17.5 Å². The van der Waals surface area contributed by atoms with E-state index in [9.17, 15) is 14.9 Å². The number of nitrogens with zero attached hydrogens (tertiary/aromatic N) is 2. The molecule has 1 N–H and O–H groups in total. The lowest BCUT2D eigenvalue weighted by molar-refractivity contribution is -0.384. The van der Waals surface area contributed by atoms with Crippen molar-refractivity contribution in [3.8, 4) is 0 Å². The molecule has 0 radical (unpaired) electrons. The lowest BCUT2D eigenvalue weighted by atomic mass is 10.1. The Kier molecular flexibility index (Phi) is 4.46. The van der Waals surface area contributed by atoms with Crippen LogP contribution in [0.5, 0.6) is 0 Å². The number of nitrogens with one attached hydrogen (secondary N) is 1. The van der Waals surface area contributed by atoms with E-state index < -0.39 is 10.9 Å². The van der Waals surface area contributed by atoms with Gasteiger partial charge in [0, 0.05) is 25.3 Å². The summed E-state index contributed by atoms with van der Waals surface area (Å²) in [4.78, 5) is 25.9. The average molecular weight is 281 g/mol. The molecule has 0 aromatic carbocycles. The standard InChI is InChI=1S/C12H15N3O5/c1-19-12(16)9-2-3-10(15(17)18)11(14-9)13-8-4-6-20-7-5-8/h2-3,8H,4-7H2,1H3,(H,13,14). The molecule has 1 aliphatic heterocycles. The number of anilines is 1. The normalized spacial score (nSPS) is 15.7. The number of aromatic nitrogens is 1. The molecular formula is C12H15N3O5. The van der Waals surface area contributed by atoms with Crippen LogP contribution in [0.1, 0.15) is 23.3 Å². The van der Waals surface area contributed by atoms with Gasteiger partial charge in [0.05, 0.1) is 12.0 Å². The zero-order valence-corrected chi connectivity index (χ0v) is 11.0. The predicted molar refractivity (Wildman–Crippen MR) is 69.7 cm³/mol. The van der Waals surface area contributed by atoms with E-state index in [4.69, 9.17) is 4.74 Å². The zero-order valence-electron chi connectivity index (χ0n) is 11.0. The molecule has 8 nitrogen and oxygen atoms in total. The van der Waals surface area contributed by atoms with Gasteiger partial charge in [-0.1, -0.05) is 0 Å². The van der Waals surface area contributed by atoms with Crippen molar-refractivity contribution in [3.05, 3.63) is 27.9 Å². The number of hydrogen-bond donors (Lipinski definition) is 1. The molecule has 8 heteroatoms. The molecule has 1 aliphatic rings. The maximum atomic E-state index is 11.4. The number of pyridine rings is 1. The molecule has 108 valence electrons. The lowest BCUT2D eigenvalue weighted by Crippen LogP contribution is -2.28. The second-order valence-corrected chi connectivity index (χ2v) is 4.34. The van der Waals surface area contributed by atoms with Crippen LogP contribution in [0.25, 0.3) is 0 Å². The number of hydrogen-bond acceptors (Lipinski definition) is 7. The quantitative estimate of drug-likeness (QED) is 0.505. The lowest BCUT2D eigenvalue weighted by Gasteiger charge is -2.23. The molecule has 0 amide bonds. The summed E-state index contributed by atoms with van der Waals surface area (Å²) >= 11 is 0. The second-order valence-electron chi connectivity index (χ2n) is 4.34.